The maximum absolute atomic E-state index is 6.55. The van der Waals surface area contributed by atoms with Gasteiger partial charge in [-0.15, -0.1) is 0 Å². The first kappa shape index (κ1) is 12.9. The van der Waals surface area contributed by atoms with Crippen LogP contribution in [0.4, 0.5) is 0 Å². The normalized spacial score (nSPS) is 50.3. The molecule has 3 aliphatic rings. The predicted octanol–water partition coefficient (Wildman–Crippen LogP) is 3.99. The zero-order valence-corrected chi connectivity index (χ0v) is 12.6. The van der Waals surface area contributed by atoms with Crippen LogP contribution in [0, 0.1) is 22.7 Å². The Balaban J connectivity index is 1.93. The van der Waals surface area contributed by atoms with Gasteiger partial charge in [-0.3, -0.25) is 0 Å². The molecule has 2 heteroatoms. The molecular formula is C16H28O2. The van der Waals surface area contributed by atoms with Crippen molar-refractivity contribution in [3.05, 3.63) is 0 Å². The molecule has 1 unspecified atom stereocenters. The maximum atomic E-state index is 6.55. The fraction of sp³-hybridized carbons (Fsp3) is 1.00. The van der Waals surface area contributed by atoms with Crippen molar-refractivity contribution in [2.24, 2.45) is 22.7 Å². The minimum atomic E-state index is 0.00530. The van der Waals surface area contributed by atoms with Gasteiger partial charge < -0.3 is 9.47 Å². The molecule has 1 aliphatic heterocycles. The van der Waals surface area contributed by atoms with Gasteiger partial charge in [-0.2, -0.15) is 0 Å². The molecule has 0 aromatic rings. The van der Waals surface area contributed by atoms with E-state index in [1.165, 1.54) is 19.3 Å². The molecule has 104 valence electrons. The van der Waals surface area contributed by atoms with E-state index in [4.69, 9.17) is 9.47 Å². The Morgan fingerprint density at radius 1 is 1.11 bits per heavy atom. The van der Waals surface area contributed by atoms with Crippen molar-refractivity contribution in [3.8, 4) is 0 Å². The number of ether oxygens (including phenoxy) is 2. The Morgan fingerprint density at radius 3 is 2.33 bits per heavy atom. The Bertz CT molecular complexity index is 349. The molecule has 2 bridgehead atoms. The third-order valence-corrected chi connectivity index (χ3v) is 6.69. The molecule has 1 heterocycles. The number of hydrogen-bond donors (Lipinski definition) is 0. The summed E-state index contributed by atoms with van der Waals surface area (Å²) in [6.45, 7) is 12.7. The lowest BCUT2D eigenvalue weighted by Crippen LogP contribution is -2.55. The SMILES string of the molecule is CC(C)C1OCC[C@@]2(C[C@@H]3CC[C@@]2(C)C3(C)C)O1. The highest BCUT2D eigenvalue weighted by Crippen LogP contribution is 2.72. The predicted molar refractivity (Wildman–Crippen MR) is 72.2 cm³/mol. The summed E-state index contributed by atoms with van der Waals surface area (Å²) in [5, 5.41) is 0. The highest BCUT2D eigenvalue weighted by Gasteiger charge is 2.70. The van der Waals surface area contributed by atoms with Gasteiger partial charge in [0, 0.05) is 17.8 Å². The molecule has 0 amide bonds. The Hall–Kier alpha value is -0.0800. The zero-order chi connectivity index (χ0) is 13.2. The molecule has 2 nitrogen and oxygen atoms in total. The molecule has 2 aliphatic carbocycles. The molecule has 18 heavy (non-hydrogen) atoms. The van der Waals surface area contributed by atoms with E-state index >= 15 is 0 Å². The maximum Gasteiger partial charge on any atom is 0.160 e. The lowest BCUT2D eigenvalue weighted by molar-refractivity contribution is -0.304. The van der Waals surface area contributed by atoms with Gasteiger partial charge in [0.2, 0.25) is 0 Å². The smallest absolute Gasteiger partial charge is 0.160 e. The topological polar surface area (TPSA) is 18.5 Å². The molecule has 3 fully saturated rings. The van der Waals surface area contributed by atoms with Crippen molar-refractivity contribution in [1.29, 1.82) is 0 Å². The van der Waals surface area contributed by atoms with Crippen molar-refractivity contribution < 1.29 is 9.47 Å². The highest BCUT2D eigenvalue weighted by molar-refractivity contribution is 5.19. The Morgan fingerprint density at radius 2 is 1.83 bits per heavy atom. The first-order valence-electron chi connectivity index (χ1n) is 7.62. The van der Waals surface area contributed by atoms with Gasteiger partial charge in [0.1, 0.15) is 0 Å². The van der Waals surface area contributed by atoms with Crippen LogP contribution in [0.1, 0.15) is 60.3 Å². The molecule has 0 aromatic heterocycles. The van der Waals surface area contributed by atoms with Gasteiger partial charge >= 0.3 is 0 Å². The van der Waals surface area contributed by atoms with Crippen LogP contribution in [-0.4, -0.2) is 18.5 Å². The van der Waals surface area contributed by atoms with E-state index < -0.39 is 0 Å². The molecular weight excluding hydrogens is 224 g/mol. The minimum Gasteiger partial charge on any atom is -0.352 e. The van der Waals surface area contributed by atoms with Crippen molar-refractivity contribution in [1.82, 2.24) is 0 Å². The molecule has 1 spiro atoms. The summed E-state index contributed by atoms with van der Waals surface area (Å²) in [6.07, 6.45) is 5.07. The number of rotatable bonds is 1. The zero-order valence-electron chi connectivity index (χ0n) is 12.6. The largest absolute Gasteiger partial charge is 0.352 e. The molecule has 4 atom stereocenters. The van der Waals surface area contributed by atoms with Crippen molar-refractivity contribution >= 4 is 0 Å². The third-order valence-electron chi connectivity index (χ3n) is 6.69. The van der Waals surface area contributed by atoms with Gasteiger partial charge in [0.25, 0.3) is 0 Å². The second-order valence-electron chi connectivity index (χ2n) is 7.84. The van der Waals surface area contributed by atoms with Crippen LogP contribution in [0.25, 0.3) is 0 Å². The summed E-state index contributed by atoms with van der Waals surface area (Å²) in [6, 6.07) is 0. The monoisotopic (exact) mass is 252 g/mol. The van der Waals surface area contributed by atoms with E-state index in [2.05, 4.69) is 34.6 Å². The summed E-state index contributed by atoms with van der Waals surface area (Å²) in [5.74, 6) is 1.29. The van der Waals surface area contributed by atoms with Crippen LogP contribution >= 0.6 is 0 Å². The second kappa shape index (κ2) is 3.73. The van der Waals surface area contributed by atoms with E-state index in [9.17, 15) is 0 Å². The van der Waals surface area contributed by atoms with Gasteiger partial charge in [0.15, 0.2) is 6.29 Å². The van der Waals surface area contributed by atoms with Crippen LogP contribution in [0.2, 0.25) is 0 Å². The van der Waals surface area contributed by atoms with Gasteiger partial charge in [-0.1, -0.05) is 34.6 Å². The summed E-state index contributed by atoms with van der Waals surface area (Å²) in [5.41, 5.74) is 0.847. The van der Waals surface area contributed by atoms with Crippen LogP contribution in [0.15, 0.2) is 0 Å². The van der Waals surface area contributed by atoms with Gasteiger partial charge in [-0.25, -0.2) is 0 Å². The molecule has 0 N–H and O–H groups in total. The quantitative estimate of drug-likeness (QED) is 0.702. The lowest BCUT2D eigenvalue weighted by atomic mass is 9.63. The van der Waals surface area contributed by atoms with Crippen LogP contribution in [0.5, 0.6) is 0 Å². The Kier molecular flexibility index (Phi) is 2.68. The first-order chi connectivity index (χ1) is 8.32. The third kappa shape index (κ3) is 1.37. The van der Waals surface area contributed by atoms with Crippen molar-refractivity contribution in [2.45, 2.75) is 72.2 Å². The average Bonchev–Trinajstić information content (AvgIpc) is 2.61. The van der Waals surface area contributed by atoms with E-state index in [0.29, 0.717) is 16.7 Å². The lowest BCUT2D eigenvalue weighted by Gasteiger charge is -2.52. The molecule has 1 saturated heterocycles. The van der Waals surface area contributed by atoms with E-state index in [1.807, 2.05) is 0 Å². The molecule has 0 aromatic carbocycles. The van der Waals surface area contributed by atoms with Crippen LogP contribution in [0.3, 0.4) is 0 Å². The van der Waals surface area contributed by atoms with E-state index in [0.717, 1.165) is 18.9 Å². The molecule has 2 saturated carbocycles. The van der Waals surface area contributed by atoms with Crippen molar-refractivity contribution in [3.63, 3.8) is 0 Å². The van der Waals surface area contributed by atoms with Gasteiger partial charge in [0.05, 0.1) is 12.2 Å². The van der Waals surface area contributed by atoms with Crippen LogP contribution in [-0.2, 0) is 9.47 Å². The van der Waals surface area contributed by atoms with Gasteiger partial charge in [-0.05, 0) is 30.6 Å². The molecule has 3 rings (SSSR count). The van der Waals surface area contributed by atoms with Crippen molar-refractivity contribution in [2.75, 3.05) is 6.61 Å². The Labute approximate surface area is 111 Å². The van der Waals surface area contributed by atoms with E-state index in [-0.39, 0.29) is 11.9 Å². The summed E-state index contributed by atoms with van der Waals surface area (Å²) < 4.78 is 12.4. The summed E-state index contributed by atoms with van der Waals surface area (Å²) in [7, 11) is 0. The number of hydrogen-bond acceptors (Lipinski definition) is 2. The first-order valence-corrected chi connectivity index (χ1v) is 7.62. The standard InChI is InChI=1S/C16H28O2/c1-11(2)13-17-9-8-16(18-13)10-12-6-7-15(16,5)14(12,3)4/h11-13H,6-10H2,1-5H3/t12-,13?,15-,16-/m0/s1. The molecule has 0 radical (unpaired) electrons. The summed E-state index contributed by atoms with van der Waals surface area (Å²) in [4.78, 5) is 0. The van der Waals surface area contributed by atoms with Crippen LogP contribution < -0.4 is 0 Å². The fourth-order valence-electron chi connectivity index (χ4n) is 4.93. The number of fused-ring (bicyclic) bond motifs is 3. The average molecular weight is 252 g/mol. The summed E-state index contributed by atoms with van der Waals surface area (Å²) >= 11 is 0. The fourth-order valence-corrected chi connectivity index (χ4v) is 4.93. The highest BCUT2D eigenvalue weighted by atomic mass is 16.7. The second-order valence-corrected chi connectivity index (χ2v) is 7.84. The minimum absolute atomic E-state index is 0.00530. The van der Waals surface area contributed by atoms with E-state index in [1.54, 1.807) is 0 Å².